The number of pyridine rings is 1. The van der Waals surface area contributed by atoms with Gasteiger partial charge in [-0.05, 0) is 143 Å². The second kappa shape index (κ2) is 18.8. The molecule has 55 heavy (non-hydrogen) atoms. The number of nitrogens with zero attached hydrogens (tertiary/aromatic N) is 1. The molecule has 0 saturated heterocycles. The highest BCUT2D eigenvalue weighted by atomic mass is 16.7. The molecule has 0 aromatic carbocycles. The average Bonchev–Trinajstić information content (AvgIpc) is 3.48. The number of nitrogens with one attached hydrogen (secondary N) is 3. The van der Waals surface area contributed by atoms with Gasteiger partial charge in [0.15, 0.2) is 0 Å². The lowest BCUT2D eigenvalue weighted by atomic mass is 9.47. The Bertz CT molecular complexity index is 1470. The predicted octanol–water partition coefficient (Wildman–Crippen LogP) is 10.8. The van der Waals surface area contributed by atoms with Crippen molar-refractivity contribution in [2.24, 2.45) is 46.3 Å². The van der Waals surface area contributed by atoms with E-state index in [0.717, 1.165) is 80.5 Å². The van der Waals surface area contributed by atoms with Gasteiger partial charge in [-0.2, -0.15) is 0 Å². The van der Waals surface area contributed by atoms with Crippen LogP contribution >= 0.6 is 0 Å². The number of aromatic nitrogens is 1. The van der Waals surface area contributed by atoms with E-state index < -0.39 is 17.8 Å². The van der Waals surface area contributed by atoms with Crippen molar-refractivity contribution >= 4 is 24.0 Å². The number of allylic oxidation sites excluding steroid dienone is 1. The molecular weight excluding hydrogens is 693 g/mol. The van der Waals surface area contributed by atoms with E-state index in [0.29, 0.717) is 29.9 Å². The Kier molecular flexibility index (Phi) is 14.6. The van der Waals surface area contributed by atoms with Gasteiger partial charge in [0.2, 0.25) is 0 Å². The maximum absolute atomic E-state index is 12.7. The van der Waals surface area contributed by atoms with Gasteiger partial charge in [-0.25, -0.2) is 20.0 Å². The van der Waals surface area contributed by atoms with Gasteiger partial charge in [0.1, 0.15) is 17.5 Å². The Balaban J connectivity index is 0.950. The fraction of sp³-hybridized carbons (Fsp3) is 0.778. The monoisotopic (exact) mass is 765 g/mol. The molecule has 3 saturated carbocycles. The smallest absolute Gasteiger partial charge is 0.443 e. The fourth-order valence-electron chi connectivity index (χ4n) is 11.0. The molecule has 10 heteroatoms. The molecular formula is C45H72N4O6. The van der Waals surface area contributed by atoms with E-state index in [2.05, 4.69) is 61.8 Å². The van der Waals surface area contributed by atoms with Crippen LogP contribution in [0, 0.1) is 46.3 Å². The highest BCUT2D eigenvalue weighted by Crippen LogP contribution is 2.67. The van der Waals surface area contributed by atoms with Crippen LogP contribution < -0.4 is 16.2 Å². The summed E-state index contributed by atoms with van der Waals surface area (Å²) in [7, 11) is 0. The van der Waals surface area contributed by atoms with Gasteiger partial charge in [-0.3, -0.25) is 10.2 Å². The molecule has 1 aromatic rings. The summed E-state index contributed by atoms with van der Waals surface area (Å²) in [4.78, 5) is 41.1. The Hall–Kier alpha value is -3.30. The third-order valence-electron chi connectivity index (χ3n) is 13.8. The number of hydrazine groups is 1. The maximum atomic E-state index is 12.7. The third kappa shape index (κ3) is 11.2. The summed E-state index contributed by atoms with van der Waals surface area (Å²) in [6.07, 6.45) is 19.9. The minimum absolute atomic E-state index is 0.0973. The van der Waals surface area contributed by atoms with E-state index in [1.54, 1.807) is 32.9 Å². The van der Waals surface area contributed by atoms with Crippen LogP contribution in [0.3, 0.4) is 0 Å². The van der Waals surface area contributed by atoms with Gasteiger partial charge in [0, 0.05) is 19.2 Å². The van der Waals surface area contributed by atoms with Gasteiger partial charge in [-0.1, -0.05) is 72.0 Å². The summed E-state index contributed by atoms with van der Waals surface area (Å²) in [5, 5.41) is 2.91. The number of amides is 2. The zero-order chi connectivity index (χ0) is 39.8. The first-order valence-corrected chi connectivity index (χ1v) is 21.6. The summed E-state index contributed by atoms with van der Waals surface area (Å²) in [6.45, 7) is 18.7. The molecule has 4 aliphatic carbocycles. The highest BCUT2D eigenvalue weighted by molar-refractivity contribution is 5.94. The average molecular weight is 765 g/mol. The van der Waals surface area contributed by atoms with Crippen molar-refractivity contribution in [3.8, 4) is 0 Å². The number of rotatable bonds is 16. The summed E-state index contributed by atoms with van der Waals surface area (Å²) in [5.41, 5.74) is 7.15. The van der Waals surface area contributed by atoms with E-state index in [9.17, 15) is 14.4 Å². The van der Waals surface area contributed by atoms with Crippen molar-refractivity contribution in [1.29, 1.82) is 0 Å². The van der Waals surface area contributed by atoms with Gasteiger partial charge in [0.25, 0.3) is 5.91 Å². The van der Waals surface area contributed by atoms with E-state index in [1.807, 2.05) is 0 Å². The molecule has 3 N–H and O–H groups in total. The quantitative estimate of drug-likeness (QED) is 0.0657. The molecule has 1 aromatic heterocycles. The van der Waals surface area contributed by atoms with Gasteiger partial charge in [-0.15, -0.1) is 0 Å². The number of hydrogen-bond donors (Lipinski definition) is 3. The fourth-order valence-corrected chi connectivity index (χ4v) is 11.0. The van der Waals surface area contributed by atoms with Gasteiger partial charge >= 0.3 is 12.2 Å². The number of anilines is 1. The lowest BCUT2D eigenvalue weighted by Crippen LogP contribution is -2.51. The van der Waals surface area contributed by atoms with Crippen LogP contribution in [-0.4, -0.2) is 48.0 Å². The molecule has 3 fully saturated rings. The minimum atomic E-state index is -0.620. The molecule has 5 rings (SSSR count). The van der Waals surface area contributed by atoms with E-state index in [-0.39, 0.29) is 17.4 Å². The second-order valence-electron chi connectivity index (χ2n) is 19.2. The largest absolute Gasteiger partial charge is 0.508 e. The van der Waals surface area contributed by atoms with Crippen LogP contribution in [0.2, 0.25) is 0 Å². The van der Waals surface area contributed by atoms with Crippen LogP contribution in [0.15, 0.2) is 30.0 Å². The first-order chi connectivity index (χ1) is 26.1. The molecule has 308 valence electrons. The van der Waals surface area contributed by atoms with Crippen molar-refractivity contribution in [3.05, 3.63) is 35.5 Å². The number of carbonyl (C=O) groups excluding carboxylic acids is 3. The minimum Gasteiger partial charge on any atom is -0.443 e. The van der Waals surface area contributed by atoms with Crippen molar-refractivity contribution in [2.75, 3.05) is 18.6 Å². The molecule has 0 spiro atoms. The zero-order valence-electron chi connectivity index (χ0n) is 35.3. The molecule has 8 atom stereocenters. The second-order valence-corrected chi connectivity index (χ2v) is 19.2. The SMILES string of the molecule is CC(C)CCC[C@@H](C)[C@H]1CC[C@H]2[C@@H]3CC=C4C[C@@H](OC(=O)OCCCCCCNC(=O)c5ccc(NNC(=O)OC(C)(C)C)nc5)CC[C@]4(C)[C@H]3CC[C@]12C. The van der Waals surface area contributed by atoms with Crippen molar-refractivity contribution in [2.45, 2.75) is 163 Å². The van der Waals surface area contributed by atoms with Crippen LogP contribution in [0.5, 0.6) is 0 Å². The van der Waals surface area contributed by atoms with Gasteiger partial charge < -0.3 is 19.5 Å². The Morgan fingerprint density at radius 2 is 1.71 bits per heavy atom. The first kappa shape index (κ1) is 42.8. The van der Waals surface area contributed by atoms with Crippen LogP contribution in [0.25, 0.3) is 0 Å². The number of carbonyl (C=O) groups is 3. The van der Waals surface area contributed by atoms with E-state index in [1.165, 1.54) is 63.1 Å². The van der Waals surface area contributed by atoms with Crippen molar-refractivity contribution in [3.63, 3.8) is 0 Å². The highest BCUT2D eigenvalue weighted by Gasteiger charge is 2.59. The summed E-state index contributed by atoms with van der Waals surface area (Å²) in [6, 6.07) is 3.24. The molecule has 0 radical (unpaired) electrons. The summed E-state index contributed by atoms with van der Waals surface area (Å²) >= 11 is 0. The van der Waals surface area contributed by atoms with Gasteiger partial charge in [0.05, 0.1) is 12.2 Å². The van der Waals surface area contributed by atoms with Crippen molar-refractivity contribution < 1.29 is 28.6 Å². The first-order valence-electron chi connectivity index (χ1n) is 21.6. The molecule has 4 aliphatic rings. The zero-order valence-corrected chi connectivity index (χ0v) is 35.3. The van der Waals surface area contributed by atoms with Crippen molar-refractivity contribution in [1.82, 2.24) is 15.7 Å². The van der Waals surface area contributed by atoms with Crippen LogP contribution in [0.1, 0.15) is 162 Å². The van der Waals surface area contributed by atoms with Crippen LogP contribution in [-0.2, 0) is 14.2 Å². The third-order valence-corrected chi connectivity index (χ3v) is 13.8. The van der Waals surface area contributed by atoms with E-state index >= 15 is 0 Å². The predicted molar refractivity (Wildman–Crippen MR) is 217 cm³/mol. The molecule has 0 bridgehead atoms. The maximum Gasteiger partial charge on any atom is 0.508 e. The Morgan fingerprint density at radius 3 is 2.44 bits per heavy atom. The normalized spacial score (nSPS) is 29.2. The van der Waals surface area contributed by atoms with Crippen LogP contribution in [0.4, 0.5) is 15.4 Å². The standard InChI is InChI=1S/C45H72N4O6/c1-30(2)14-13-15-31(3)36-19-20-37-35-18-17-33-28-34(22-24-44(33,7)38(35)23-25-45(36,37)8)54-42(52)53-27-12-10-9-11-26-46-40(50)32-16-21-39(47-29-32)48-49-41(51)55-43(4,5)6/h16-17,21,29-31,34-38H,9-15,18-20,22-28H2,1-8H3,(H,46,50)(H,47,48)(H,49,51)/t31-,34+,35+,36-,37+,38+,44+,45-/m1/s1. The lowest BCUT2D eigenvalue weighted by molar-refractivity contribution is -0.0617. The summed E-state index contributed by atoms with van der Waals surface area (Å²) < 4.78 is 16.5. The number of unbranched alkanes of at least 4 members (excludes halogenated alkanes) is 3. The number of ether oxygens (including phenoxy) is 3. The summed E-state index contributed by atoms with van der Waals surface area (Å²) in [5.74, 6) is 5.10. The Morgan fingerprint density at radius 1 is 0.927 bits per heavy atom. The van der Waals surface area contributed by atoms with E-state index in [4.69, 9.17) is 14.2 Å². The molecule has 0 aliphatic heterocycles. The number of fused-ring (bicyclic) bond motifs is 5. The molecule has 0 unspecified atom stereocenters. The molecule has 2 amide bonds. The lowest BCUT2D eigenvalue weighted by Gasteiger charge is -2.58. The number of hydrogen-bond acceptors (Lipinski definition) is 8. The Labute approximate surface area is 331 Å². The topological polar surface area (TPSA) is 128 Å². The molecule has 10 nitrogen and oxygen atoms in total. The molecule has 1 heterocycles.